The number of hydrogen-bond donors (Lipinski definition) is 0. The molecule has 0 bridgehead atoms. The average molecular weight is 154 g/mol. The Balaban J connectivity index is 3.59. The first-order chi connectivity index (χ1) is 3.98. The molecule has 0 fully saturated rings. The van der Waals surface area contributed by atoms with Gasteiger partial charge in [-0.2, -0.15) is 0 Å². The molecule has 0 amide bonds. The van der Waals surface area contributed by atoms with Crippen molar-refractivity contribution in [1.29, 1.82) is 0 Å². The van der Waals surface area contributed by atoms with Gasteiger partial charge in [-0.05, 0) is 6.42 Å². The summed E-state index contributed by atoms with van der Waals surface area (Å²) in [5.41, 5.74) is 0. The highest BCUT2D eigenvalue weighted by Gasteiger charge is 1.87. The topological polar surface area (TPSA) is 0 Å². The van der Waals surface area contributed by atoms with Gasteiger partial charge in [0.2, 0.25) is 0 Å². The molecule has 1 atom stereocenters. The van der Waals surface area contributed by atoms with Crippen LogP contribution in [0.3, 0.4) is 0 Å². The zero-order chi connectivity index (χ0) is 7.49. The van der Waals surface area contributed by atoms with Crippen molar-refractivity contribution in [1.82, 2.24) is 0 Å². The molecule has 0 saturated heterocycles. The van der Waals surface area contributed by atoms with E-state index in [0.717, 1.165) is 12.8 Å². The molecule has 0 heterocycles. The maximum atomic E-state index is 6.93. The summed E-state index contributed by atoms with van der Waals surface area (Å²) in [6.07, 6.45) is 1.63. The van der Waals surface area contributed by atoms with Crippen molar-refractivity contribution >= 4 is 15.9 Å². The van der Waals surface area contributed by atoms with E-state index in [9.17, 15) is 0 Å². The Kier molecular flexibility index (Phi) is 1.65. The van der Waals surface area contributed by atoms with Crippen molar-refractivity contribution < 1.29 is 4.11 Å². The second-order valence-corrected chi connectivity index (χ2v) is 2.36. The van der Waals surface area contributed by atoms with Crippen LogP contribution in [-0.4, -0.2) is 4.83 Å². The van der Waals surface area contributed by atoms with Gasteiger partial charge < -0.3 is 0 Å². The highest BCUT2D eigenvalue weighted by molar-refractivity contribution is 9.09. The van der Waals surface area contributed by atoms with Crippen LogP contribution in [0.4, 0.5) is 0 Å². The molecule has 0 saturated carbocycles. The van der Waals surface area contributed by atoms with Crippen LogP contribution in [0.1, 0.15) is 30.7 Å². The molecule has 0 aromatic rings. The number of hydrogen-bond acceptors (Lipinski definition) is 0. The van der Waals surface area contributed by atoms with E-state index in [2.05, 4.69) is 15.9 Å². The Bertz CT molecular complexity index is 78.8. The third-order valence-electron chi connectivity index (χ3n) is 0.542. The highest BCUT2D eigenvalue weighted by atomic mass is 79.9. The van der Waals surface area contributed by atoms with Crippen molar-refractivity contribution in [3.63, 3.8) is 0 Å². The Morgan fingerprint density at radius 2 is 2.67 bits per heavy atom. The molecule has 0 N–H and O–H groups in total. The Morgan fingerprint density at radius 1 is 2.00 bits per heavy atom. The monoisotopic (exact) mass is 153 g/mol. The molecule has 1 heteroatoms. The quantitative estimate of drug-likeness (QED) is 0.536. The third kappa shape index (κ3) is 4.48. The molecule has 0 spiro atoms. The predicted molar refractivity (Wildman–Crippen MR) is 33.3 cm³/mol. The molecular weight excluding hydrogens is 140 g/mol. The smallest absolute Gasteiger partial charge is 0.0242 e. The molecule has 0 aromatic carbocycles. The first kappa shape index (κ1) is 2.71. The molecular formula is C5H11Br. The van der Waals surface area contributed by atoms with Crippen LogP contribution in [0.25, 0.3) is 0 Å². The van der Waals surface area contributed by atoms with Crippen molar-refractivity contribution in [2.75, 3.05) is 0 Å². The van der Waals surface area contributed by atoms with E-state index in [1.807, 2.05) is 6.92 Å². The minimum Gasteiger partial charge on any atom is -0.0894 e. The standard InChI is InChI=1S/C5H11Br/c1-3-4-5(2)6/h5H,3-4H2,1-2H3/i2D3. The fourth-order valence-corrected chi connectivity index (χ4v) is 0.711. The lowest BCUT2D eigenvalue weighted by atomic mass is 10.3. The molecule has 0 radical (unpaired) electrons. The van der Waals surface area contributed by atoms with Gasteiger partial charge in [0.15, 0.2) is 0 Å². The number of rotatable bonds is 2. The predicted octanol–water partition coefficient (Wildman–Crippen LogP) is 2.57. The summed E-state index contributed by atoms with van der Waals surface area (Å²) in [6.45, 7) is 0.149. The van der Waals surface area contributed by atoms with Crippen LogP contribution < -0.4 is 0 Å². The maximum Gasteiger partial charge on any atom is 0.0242 e. The van der Waals surface area contributed by atoms with Crippen molar-refractivity contribution in [2.24, 2.45) is 0 Å². The van der Waals surface area contributed by atoms with Crippen LogP contribution in [0.15, 0.2) is 0 Å². The summed E-state index contributed by atoms with van der Waals surface area (Å²) in [4.78, 5) is -0.324. The zero-order valence-corrected chi connectivity index (χ0v) is 5.46. The summed E-state index contributed by atoms with van der Waals surface area (Å²) >= 11 is 3.10. The Labute approximate surface area is 52.3 Å². The van der Waals surface area contributed by atoms with Gasteiger partial charge >= 0.3 is 0 Å². The molecule has 0 aliphatic carbocycles. The minimum absolute atomic E-state index is 0.324. The molecule has 0 aliphatic heterocycles. The maximum absolute atomic E-state index is 6.93. The van der Waals surface area contributed by atoms with Crippen LogP contribution in [0, 0.1) is 0 Å². The molecule has 0 aromatic heterocycles. The van der Waals surface area contributed by atoms with Crippen molar-refractivity contribution in [3.8, 4) is 0 Å². The average Bonchev–Trinajstić information content (AvgIpc) is 1.64. The Hall–Kier alpha value is 0.480. The van der Waals surface area contributed by atoms with Gasteiger partial charge in [0.25, 0.3) is 0 Å². The highest BCUT2D eigenvalue weighted by Crippen LogP contribution is 2.04. The third-order valence-corrected chi connectivity index (χ3v) is 1.000. The second-order valence-electron chi connectivity index (χ2n) is 1.26. The number of halogens is 1. The van der Waals surface area contributed by atoms with Gasteiger partial charge in [0.1, 0.15) is 0 Å². The summed E-state index contributed by atoms with van der Waals surface area (Å²) in [5.74, 6) is 0. The van der Waals surface area contributed by atoms with Gasteiger partial charge in [-0.3, -0.25) is 0 Å². The van der Waals surface area contributed by atoms with E-state index in [-0.39, 0.29) is 4.83 Å². The lowest BCUT2D eigenvalue weighted by Gasteiger charge is -1.93. The van der Waals surface area contributed by atoms with Gasteiger partial charge in [0.05, 0.1) is 0 Å². The van der Waals surface area contributed by atoms with Gasteiger partial charge in [-0.25, -0.2) is 0 Å². The van der Waals surface area contributed by atoms with Crippen LogP contribution in [0.2, 0.25) is 0 Å². The SMILES string of the molecule is [2H]C([2H])([2H])C(Br)CCC. The molecule has 1 unspecified atom stereocenters. The van der Waals surface area contributed by atoms with Crippen LogP contribution >= 0.6 is 15.9 Å². The largest absolute Gasteiger partial charge is 0.0894 e. The molecule has 0 nitrogen and oxygen atoms in total. The summed E-state index contributed by atoms with van der Waals surface area (Å²) in [6, 6.07) is 0. The van der Waals surface area contributed by atoms with Crippen LogP contribution in [-0.2, 0) is 0 Å². The molecule has 6 heavy (non-hydrogen) atoms. The minimum atomic E-state index is -1.82. The summed E-state index contributed by atoms with van der Waals surface area (Å²) in [5, 5.41) is 0. The van der Waals surface area contributed by atoms with E-state index in [1.54, 1.807) is 0 Å². The molecule has 0 rings (SSSR count). The van der Waals surface area contributed by atoms with Crippen LogP contribution in [0.5, 0.6) is 0 Å². The van der Waals surface area contributed by atoms with Crippen molar-refractivity contribution in [3.05, 3.63) is 0 Å². The lowest BCUT2D eigenvalue weighted by Crippen LogP contribution is -1.84. The lowest BCUT2D eigenvalue weighted by molar-refractivity contribution is 0.797. The van der Waals surface area contributed by atoms with Gasteiger partial charge in [-0.1, -0.05) is 36.1 Å². The van der Waals surface area contributed by atoms with E-state index in [1.165, 1.54) is 0 Å². The zero-order valence-electron chi connectivity index (χ0n) is 6.87. The first-order valence-electron chi connectivity index (χ1n) is 3.62. The number of alkyl halides is 1. The molecule has 38 valence electrons. The second kappa shape index (κ2) is 3.66. The summed E-state index contributed by atoms with van der Waals surface area (Å²) in [7, 11) is 0. The van der Waals surface area contributed by atoms with Gasteiger partial charge in [0, 0.05) is 8.94 Å². The Morgan fingerprint density at radius 3 is 2.83 bits per heavy atom. The normalized spacial score (nSPS) is 24.0. The van der Waals surface area contributed by atoms with E-state index in [0.29, 0.717) is 0 Å². The summed E-state index contributed by atoms with van der Waals surface area (Å²) < 4.78 is 20.8. The fraction of sp³-hybridized carbons (Fsp3) is 1.00. The molecule has 0 aliphatic rings. The first-order valence-corrected chi connectivity index (χ1v) is 3.04. The van der Waals surface area contributed by atoms with Crippen molar-refractivity contribution in [2.45, 2.75) is 31.4 Å². The van der Waals surface area contributed by atoms with E-state index < -0.39 is 6.85 Å². The van der Waals surface area contributed by atoms with Gasteiger partial charge in [-0.15, -0.1) is 0 Å². The fourth-order valence-electron chi connectivity index (χ4n) is 0.253. The van der Waals surface area contributed by atoms with E-state index >= 15 is 0 Å². The van der Waals surface area contributed by atoms with E-state index in [4.69, 9.17) is 4.11 Å².